The van der Waals surface area contributed by atoms with Gasteiger partial charge in [0.25, 0.3) is 0 Å². The lowest BCUT2D eigenvalue weighted by molar-refractivity contribution is 0.188. The molecule has 5 heteroatoms. The zero-order valence-electron chi connectivity index (χ0n) is 10.9. The molecule has 0 fully saturated rings. The zero-order chi connectivity index (χ0) is 13.4. The fraction of sp³-hybridized carbons (Fsp3) is 0.286. The second-order valence-electron chi connectivity index (χ2n) is 4.60. The van der Waals surface area contributed by atoms with Crippen molar-refractivity contribution in [3.63, 3.8) is 0 Å². The van der Waals surface area contributed by atoms with E-state index >= 15 is 0 Å². The number of aromatic nitrogens is 3. The Hall–Kier alpha value is -1.72. The van der Waals surface area contributed by atoms with Crippen LogP contribution in [0.4, 0.5) is 0 Å². The van der Waals surface area contributed by atoms with Crippen LogP contribution in [0.25, 0.3) is 10.1 Å². The van der Waals surface area contributed by atoms with E-state index in [1.807, 2.05) is 17.7 Å². The van der Waals surface area contributed by atoms with Gasteiger partial charge in [-0.1, -0.05) is 18.2 Å². The number of fused-ring (bicyclic) bond motifs is 1. The van der Waals surface area contributed by atoms with Crippen LogP contribution in [-0.2, 0) is 6.54 Å². The Balaban J connectivity index is 1.92. The van der Waals surface area contributed by atoms with Crippen molar-refractivity contribution < 1.29 is 5.11 Å². The molecule has 98 valence electrons. The number of benzene rings is 1. The molecule has 1 N–H and O–H groups in total. The van der Waals surface area contributed by atoms with Crippen LogP contribution in [0.1, 0.15) is 29.6 Å². The van der Waals surface area contributed by atoms with Crippen LogP contribution >= 0.6 is 11.3 Å². The van der Waals surface area contributed by atoms with Crippen molar-refractivity contribution in [3.8, 4) is 0 Å². The maximum absolute atomic E-state index is 9.51. The topological polar surface area (TPSA) is 50.9 Å². The molecule has 0 saturated carbocycles. The summed E-state index contributed by atoms with van der Waals surface area (Å²) < 4.78 is 3.12. The molecule has 0 saturated heterocycles. The van der Waals surface area contributed by atoms with Gasteiger partial charge >= 0.3 is 0 Å². The van der Waals surface area contributed by atoms with Gasteiger partial charge in [0.15, 0.2) is 5.82 Å². The van der Waals surface area contributed by atoms with Gasteiger partial charge in [0.1, 0.15) is 11.9 Å². The summed E-state index contributed by atoms with van der Waals surface area (Å²) in [5.74, 6) is 1.31. The van der Waals surface area contributed by atoms with E-state index in [2.05, 4.69) is 34.3 Å². The first-order chi connectivity index (χ1) is 9.13. The lowest BCUT2D eigenvalue weighted by atomic mass is 10.2. The number of nitrogens with zero attached hydrogens (tertiary/aromatic N) is 3. The first kappa shape index (κ1) is 12.3. The minimum absolute atomic E-state index is 0.485. The minimum atomic E-state index is -0.623. The molecular formula is C14H15N3OS. The number of hydrogen-bond acceptors (Lipinski definition) is 4. The molecule has 2 aromatic heterocycles. The molecule has 0 spiro atoms. The number of aryl methyl sites for hydroxylation is 1. The Morgan fingerprint density at radius 3 is 2.84 bits per heavy atom. The normalized spacial score (nSPS) is 13.0. The summed E-state index contributed by atoms with van der Waals surface area (Å²) in [6, 6.07) is 10.5. The van der Waals surface area contributed by atoms with Crippen LogP contribution in [-0.4, -0.2) is 19.9 Å². The van der Waals surface area contributed by atoms with E-state index in [4.69, 9.17) is 0 Å². The van der Waals surface area contributed by atoms with E-state index in [0.717, 1.165) is 5.82 Å². The van der Waals surface area contributed by atoms with Crippen molar-refractivity contribution >= 4 is 21.4 Å². The number of aliphatic hydroxyl groups is 1. The zero-order valence-corrected chi connectivity index (χ0v) is 11.7. The van der Waals surface area contributed by atoms with Gasteiger partial charge in [-0.2, -0.15) is 5.10 Å². The molecule has 0 aliphatic heterocycles. The first-order valence-electron chi connectivity index (χ1n) is 6.20. The molecule has 0 bridgehead atoms. The molecular weight excluding hydrogens is 258 g/mol. The van der Waals surface area contributed by atoms with Crippen molar-refractivity contribution in [3.05, 3.63) is 46.9 Å². The summed E-state index contributed by atoms with van der Waals surface area (Å²) in [5.41, 5.74) is 0. The fourth-order valence-corrected chi connectivity index (χ4v) is 3.08. The standard InChI is InChI=1S/C14H15N3OS/c1-9(18)14-15-10(2)17(16-14)8-12-7-11-5-3-4-6-13(11)19-12/h3-7,9,18H,8H2,1-2H3/t9-/m0/s1. The van der Waals surface area contributed by atoms with Crippen LogP contribution in [0.2, 0.25) is 0 Å². The monoisotopic (exact) mass is 273 g/mol. The summed E-state index contributed by atoms with van der Waals surface area (Å²) in [5, 5.41) is 15.1. The molecule has 0 amide bonds. The predicted octanol–water partition coefficient (Wildman–Crippen LogP) is 2.90. The highest BCUT2D eigenvalue weighted by Crippen LogP contribution is 2.26. The third-order valence-electron chi connectivity index (χ3n) is 3.03. The van der Waals surface area contributed by atoms with Crippen LogP contribution in [0.5, 0.6) is 0 Å². The quantitative estimate of drug-likeness (QED) is 0.798. The third-order valence-corrected chi connectivity index (χ3v) is 4.13. The van der Waals surface area contributed by atoms with Crippen molar-refractivity contribution in [2.45, 2.75) is 26.5 Å². The van der Waals surface area contributed by atoms with E-state index in [9.17, 15) is 5.11 Å². The van der Waals surface area contributed by atoms with E-state index in [0.29, 0.717) is 12.4 Å². The Labute approximate surface area is 115 Å². The molecule has 4 nitrogen and oxygen atoms in total. The highest BCUT2D eigenvalue weighted by Gasteiger charge is 2.11. The van der Waals surface area contributed by atoms with E-state index in [1.165, 1.54) is 15.0 Å². The number of hydrogen-bond donors (Lipinski definition) is 1. The number of aliphatic hydroxyl groups excluding tert-OH is 1. The molecule has 1 aromatic carbocycles. The molecule has 0 unspecified atom stereocenters. The van der Waals surface area contributed by atoms with Gasteiger partial charge in [-0.05, 0) is 31.4 Å². The Bertz CT molecular complexity index is 681. The van der Waals surface area contributed by atoms with E-state index < -0.39 is 6.10 Å². The average molecular weight is 273 g/mol. The summed E-state index contributed by atoms with van der Waals surface area (Å²) in [6.07, 6.45) is -0.623. The molecule has 1 atom stereocenters. The van der Waals surface area contributed by atoms with Gasteiger partial charge in [-0.25, -0.2) is 9.67 Å². The van der Waals surface area contributed by atoms with Crippen LogP contribution in [0.15, 0.2) is 30.3 Å². The lowest BCUT2D eigenvalue weighted by Gasteiger charge is -1.99. The summed E-state index contributed by atoms with van der Waals surface area (Å²) >= 11 is 1.77. The molecule has 3 rings (SSSR count). The van der Waals surface area contributed by atoms with Gasteiger partial charge in [0, 0.05) is 9.58 Å². The average Bonchev–Trinajstić information content (AvgIpc) is 2.93. The highest BCUT2D eigenvalue weighted by molar-refractivity contribution is 7.19. The first-order valence-corrected chi connectivity index (χ1v) is 7.02. The van der Waals surface area contributed by atoms with Gasteiger partial charge in [-0.15, -0.1) is 11.3 Å². The Kier molecular flexibility index (Phi) is 3.08. The van der Waals surface area contributed by atoms with Crippen LogP contribution in [0, 0.1) is 6.92 Å². The van der Waals surface area contributed by atoms with Crippen molar-refractivity contribution in [1.82, 2.24) is 14.8 Å². The Morgan fingerprint density at radius 2 is 2.16 bits per heavy atom. The van der Waals surface area contributed by atoms with E-state index in [1.54, 1.807) is 18.3 Å². The van der Waals surface area contributed by atoms with Gasteiger partial charge in [-0.3, -0.25) is 0 Å². The second kappa shape index (κ2) is 4.75. The summed E-state index contributed by atoms with van der Waals surface area (Å²) in [7, 11) is 0. The summed E-state index contributed by atoms with van der Waals surface area (Å²) in [6.45, 7) is 4.29. The van der Waals surface area contributed by atoms with Gasteiger partial charge in [0.2, 0.25) is 0 Å². The van der Waals surface area contributed by atoms with Crippen molar-refractivity contribution in [2.24, 2.45) is 0 Å². The smallest absolute Gasteiger partial charge is 0.179 e. The maximum Gasteiger partial charge on any atom is 0.179 e. The van der Waals surface area contributed by atoms with Gasteiger partial charge in [0.05, 0.1) is 6.54 Å². The second-order valence-corrected chi connectivity index (χ2v) is 5.77. The molecule has 0 radical (unpaired) electrons. The lowest BCUT2D eigenvalue weighted by Crippen LogP contribution is -2.03. The van der Waals surface area contributed by atoms with Crippen molar-refractivity contribution in [2.75, 3.05) is 0 Å². The van der Waals surface area contributed by atoms with Gasteiger partial charge < -0.3 is 5.11 Å². The molecule has 2 heterocycles. The maximum atomic E-state index is 9.51. The molecule has 0 aliphatic rings. The van der Waals surface area contributed by atoms with Crippen LogP contribution in [0.3, 0.4) is 0 Å². The molecule has 0 aliphatic carbocycles. The molecule has 3 aromatic rings. The third kappa shape index (κ3) is 2.39. The SMILES string of the molecule is Cc1nc([C@H](C)O)nn1Cc1cc2ccccc2s1. The summed E-state index contributed by atoms with van der Waals surface area (Å²) in [4.78, 5) is 5.51. The predicted molar refractivity (Wildman–Crippen MR) is 76.3 cm³/mol. The number of rotatable bonds is 3. The largest absolute Gasteiger partial charge is 0.385 e. The van der Waals surface area contributed by atoms with E-state index in [-0.39, 0.29) is 0 Å². The highest BCUT2D eigenvalue weighted by atomic mass is 32.1. The molecule has 19 heavy (non-hydrogen) atoms. The minimum Gasteiger partial charge on any atom is -0.385 e. The van der Waals surface area contributed by atoms with Crippen LogP contribution < -0.4 is 0 Å². The number of thiophene rings is 1. The fourth-order valence-electron chi connectivity index (χ4n) is 2.03. The van der Waals surface area contributed by atoms with Crippen molar-refractivity contribution in [1.29, 1.82) is 0 Å². The Morgan fingerprint density at radius 1 is 1.37 bits per heavy atom.